The van der Waals surface area contributed by atoms with Gasteiger partial charge in [-0.15, -0.1) is 0 Å². The van der Waals surface area contributed by atoms with Gasteiger partial charge in [-0.05, 0) is 31.2 Å². The largest absolute Gasteiger partial charge is 0.497 e. The number of nitrogens with zero attached hydrogens (tertiary/aromatic N) is 2. The summed E-state index contributed by atoms with van der Waals surface area (Å²) in [6.45, 7) is 4.95. The van der Waals surface area contributed by atoms with Gasteiger partial charge in [0, 0.05) is 50.3 Å². The van der Waals surface area contributed by atoms with E-state index in [1.165, 1.54) is 0 Å². The third-order valence-electron chi connectivity index (χ3n) is 5.01. The first-order chi connectivity index (χ1) is 13.1. The Bertz CT molecular complexity index is 776. The summed E-state index contributed by atoms with van der Waals surface area (Å²) in [6.07, 6.45) is 0.538. The molecule has 1 amide bonds. The molecule has 0 bridgehead atoms. The van der Waals surface area contributed by atoms with E-state index < -0.39 is 0 Å². The zero-order valence-electron chi connectivity index (χ0n) is 16.0. The average Bonchev–Trinajstić information content (AvgIpc) is 2.72. The second kappa shape index (κ2) is 8.71. The fraction of sp³-hybridized carbons (Fsp3) is 0.364. The minimum Gasteiger partial charge on any atom is -0.497 e. The van der Waals surface area contributed by atoms with Crippen LogP contribution in [0.3, 0.4) is 0 Å². The first-order valence-electron chi connectivity index (χ1n) is 9.33. The van der Waals surface area contributed by atoms with Crippen molar-refractivity contribution in [3.8, 4) is 5.75 Å². The van der Waals surface area contributed by atoms with Crippen molar-refractivity contribution in [2.24, 2.45) is 0 Å². The predicted octanol–water partition coefficient (Wildman–Crippen LogP) is 3.32. The van der Waals surface area contributed by atoms with Crippen LogP contribution in [0.25, 0.3) is 0 Å². The van der Waals surface area contributed by atoms with Gasteiger partial charge in [0.2, 0.25) is 5.91 Å². The van der Waals surface area contributed by atoms with E-state index in [9.17, 15) is 9.59 Å². The normalized spacial score (nSPS) is 14.1. The summed E-state index contributed by atoms with van der Waals surface area (Å²) < 4.78 is 5.19. The number of piperazine rings is 1. The highest BCUT2D eigenvalue weighted by atomic mass is 16.5. The topological polar surface area (TPSA) is 49.9 Å². The summed E-state index contributed by atoms with van der Waals surface area (Å²) in [5.41, 5.74) is 2.94. The minimum atomic E-state index is 0.0280. The number of Topliss-reactive ketones (excluding diaryl/α,β-unsaturated/α-hetero) is 1. The highest BCUT2D eigenvalue weighted by Gasteiger charge is 2.22. The lowest BCUT2D eigenvalue weighted by atomic mass is 10.0. The molecule has 0 unspecified atom stereocenters. The summed E-state index contributed by atoms with van der Waals surface area (Å²) in [5.74, 6) is 0.927. The summed E-state index contributed by atoms with van der Waals surface area (Å²) in [6, 6.07) is 15.5. The van der Waals surface area contributed by atoms with E-state index in [-0.39, 0.29) is 24.5 Å². The molecule has 0 aliphatic carbocycles. The van der Waals surface area contributed by atoms with Crippen molar-refractivity contribution in [3.63, 3.8) is 0 Å². The molecule has 27 heavy (non-hydrogen) atoms. The van der Waals surface area contributed by atoms with E-state index >= 15 is 0 Å². The SMILES string of the molecule is COc1ccc(N2CCN(C(=O)CCC(=O)c3ccc(C)cc3)CC2)cc1. The second-order valence-electron chi connectivity index (χ2n) is 6.86. The maximum absolute atomic E-state index is 12.5. The van der Waals surface area contributed by atoms with Gasteiger partial charge in [-0.2, -0.15) is 0 Å². The van der Waals surface area contributed by atoms with Crippen LogP contribution in [0.2, 0.25) is 0 Å². The molecule has 1 aliphatic heterocycles. The van der Waals surface area contributed by atoms with E-state index in [0.29, 0.717) is 18.7 Å². The van der Waals surface area contributed by atoms with Crippen LogP contribution < -0.4 is 9.64 Å². The number of ether oxygens (including phenoxy) is 1. The Morgan fingerprint density at radius 2 is 1.52 bits per heavy atom. The number of ketones is 1. The van der Waals surface area contributed by atoms with Crippen LogP contribution in [0.1, 0.15) is 28.8 Å². The summed E-state index contributed by atoms with van der Waals surface area (Å²) in [7, 11) is 1.66. The molecule has 0 saturated carbocycles. The van der Waals surface area contributed by atoms with Crippen molar-refractivity contribution in [2.45, 2.75) is 19.8 Å². The molecule has 0 aromatic heterocycles. The number of carbonyl (C=O) groups excluding carboxylic acids is 2. The number of methoxy groups -OCH3 is 1. The van der Waals surface area contributed by atoms with Crippen molar-refractivity contribution in [1.82, 2.24) is 4.90 Å². The van der Waals surface area contributed by atoms with Crippen molar-refractivity contribution >= 4 is 17.4 Å². The molecule has 5 nitrogen and oxygen atoms in total. The standard InChI is InChI=1S/C22H26N2O3/c1-17-3-5-18(6-4-17)21(25)11-12-22(26)24-15-13-23(14-16-24)19-7-9-20(27-2)10-8-19/h3-10H,11-16H2,1-2H3. The first-order valence-corrected chi connectivity index (χ1v) is 9.33. The van der Waals surface area contributed by atoms with Crippen molar-refractivity contribution < 1.29 is 14.3 Å². The number of benzene rings is 2. The molecule has 0 atom stereocenters. The second-order valence-corrected chi connectivity index (χ2v) is 6.86. The van der Waals surface area contributed by atoms with Crippen LogP contribution in [0.4, 0.5) is 5.69 Å². The van der Waals surface area contributed by atoms with Crippen molar-refractivity contribution in [2.75, 3.05) is 38.2 Å². The van der Waals surface area contributed by atoms with Crippen LogP contribution in [0.15, 0.2) is 48.5 Å². The van der Waals surface area contributed by atoms with Crippen LogP contribution in [-0.4, -0.2) is 49.9 Å². The van der Waals surface area contributed by atoms with E-state index in [4.69, 9.17) is 4.74 Å². The Hall–Kier alpha value is -2.82. The van der Waals surface area contributed by atoms with Gasteiger partial charge >= 0.3 is 0 Å². The number of rotatable bonds is 6. The van der Waals surface area contributed by atoms with Crippen LogP contribution in [0, 0.1) is 6.92 Å². The van der Waals surface area contributed by atoms with Gasteiger partial charge in [0.25, 0.3) is 0 Å². The number of anilines is 1. The third kappa shape index (κ3) is 4.88. The fourth-order valence-corrected chi connectivity index (χ4v) is 3.27. The molecule has 2 aromatic carbocycles. The first kappa shape index (κ1) is 19.0. The summed E-state index contributed by atoms with van der Waals surface area (Å²) in [5, 5.41) is 0. The lowest BCUT2D eigenvalue weighted by Crippen LogP contribution is -2.48. The minimum absolute atomic E-state index is 0.0280. The highest BCUT2D eigenvalue weighted by Crippen LogP contribution is 2.21. The Morgan fingerprint density at radius 1 is 0.889 bits per heavy atom. The zero-order valence-corrected chi connectivity index (χ0v) is 16.0. The summed E-state index contributed by atoms with van der Waals surface area (Å²) in [4.78, 5) is 28.8. The van der Waals surface area contributed by atoms with Gasteiger partial charge in [0.15, 0.2) is 5.78 Å². The van der Waals surface area contributed by atoms with E-state index in [1.54, 1.807) is 7.11 Å². The van der Waals surface area contributed by atoms with Gasteiger partial charge in [0.05, 0.1) is 7.11 Å². The maximum Gasteiger partial charge on any atom is 0.223 e. The average molecular weight is 366 g/mol. The molecule has 0 spiro atoms. The number of aryl methyl sites for hydroxylation is 1. The number of carbonyl (C=O) groups is 2. The van der Waals surface area contributed by atoms with E-state index in [0.717, 1.165) is 30.1 Å². The Labute approximate surface area is 160 Å². The lowest BCUT2D eigenvalue weighted by Gasteiger charge is -2.36. The van der Waals surface area contributed by atoms with E-state index in [1.807, 2.05) is 60.4 Å². The van der Waals surface area contributed by atoms with E-state index in [2.05, 4.69) is 4.90 Å². The molecule has 1 saturated heterocycles. The smallest absolute Gasteiger partial charge is 0.223 e. The molecule has 1 aliphatic rings. The molecular formula is C22H26N2O3. The Morgan fingerprint density at radius 3 is 2.11 bits per heavy atom. The van der Waals surface area contributed by atoms with Gasteiger partial charge < -0.3 is 14.5 Å². The monoisotopic (exact) mass is 366 g/mol. The number of amides is 1. The van der Waals surface area contributed by atoms with Crippen molar-refractivity contribution in [1.29, 1.82) is 0 Å². The zero-order chi connectivity index (χ0) is 19.2. The molecule has 2 aromatic rings. The number of hydrogen-bond donors (Lipinski definition) is 0. The van der Waals surface area contributed by atoms with Gasteiger partial charge in [0.1, 0.15) is 5.75 Å². The number of hydrogen-bond acceptors (Lipinski definition) is 4. The van der Waals surface area contributed by atoms with Gasteiger partial charge in [-0.25, -0.2) is 0 Å². The van der Waals surface area contributed by atoms with Crippen LogP contribution in [-0.2, 0) is 4.79 Å². The molecule has 1 fully saturated rings. The van der Waals surface area contributed by atoms with Crippen LogP contribution >= 0.6 is 0 Å². The molecule has 3 rings (SSSR count). The molecule has 5 heteroatoms. The molecular weight excluding hydrogens is 340 g/mol. The maximum atomic E-state index is 12.5. The molecule has 1 heterocycles. The molecule has 142 valence electrons. The van der Waals surface area contributed by atoms with Crippen LogP contribution in [0.5, 0.6) is 5.75 Å². The Balaban J connectivity index is 1.46. The quantitative estimate of drug-likeness (QED) is 0.736. The molecule has 0 radical (unpaired) electrons. The molecule has 0 N–H and O–H groups in total. The fourth-order valence-electron chi connectivity index (χ4n) is 3.27. The lowest BCUT2D eigenvalue weighted by molar-refractivity contribution is -0.131. The summed E-state index contributed by atoms with van der Waals surface area (Å²) >= 11 is 0. The van der Waals surface area contributed by atoms with Gasteiger partial charge in [-0.1, -0.05) is 29.8 Å². The van der Waals surface area contributed by atoms with Crippen molar-refractivity contribution in [3.05, 3.63) is 59.7 Å². The highest BCUT2D eigenvalue weighted by molar-refractivity contribution is 5.98. The Kier molecular flexibility index (Phi) is 6.12. The van der Waals surface area contributed by atoms with Gasteiger partial charge in [-0.3, -0.25) is 9.59 Å². The predicted molar refractivity (Wildman–Crippen MR) is 107 cm³/mol. The third-order valence-corrected chi connectivity index (χ3v) is 5.01.